The van der Waals surface area contributed by atoms with E-state index in [0.717, 1.165) is 22.4 Å². The van der Waals surface area contributed by atoms with E-state index in [-0.39, 0.29) is 24.3 Å². The number of halogens is 1. The molecule has 0 N–H and O–H groups in total. The van der Waals surface area contributed by atoms with Crippen LogP contribution >= 0.6 is 0 Å². The molecule has 2 fully saturated rings. The predicted octanol–water partition coefficient (Wildman–Crippen LogP) is 2.72. The van der Waals surface area contributed by atoms with E-state index in [1.54, 1.807) is 24.1 Å². The number of imide groups is 1. The molecule has 3 aliphatic rings. The van der Waals surface area contributed by atoms with Crippen molar-refractivity contribution < 1.29 is 14.0 Å². The molecule has 31 heavy (non-hydrogen) atoms. The minimum atomic E-state index is -0.562. The van der Waals surface area contributed by atoms with Crippen molar-refractivity contribution in [2.45, 2.75) is 32.6 Å². The zero-order chi connectivity index (χ0) is 21.9. The summed E-state index contributed by atoms with van der Waals surface area (Å²) < 4.78 is 13.4. The van der Waals surface area contributed by atoms with E-state index >= 15 is 0 Å². The van der Waals surface area contributed by atoms with Gasteiger partial charge in [0.25, 0.3) is 5.91 Å². The smallest absolute Gasteiger partial charge is 0.325 e. The molecular weight excluding hydrogens is 397 g/mol. The van der Waals surface area contributed by atoms with Crippen LogP contribution in [0, 0.1) is 19.7 Å². The third kappa shape index (κ3) is 3.05. The fourth-order valence-electron chi connectivity index (χ4n) is 4.59. The Morgan fingerprint density at radius 1 is 1.06 bits per heavy atom. The van der Waals surface area contributed by atoms with E-state index in [2.05, 4.69) is 0 Å². The molecule has 3 heterocycles. The lowest BCUT2D eigenvalue weighted by Gasteiger charge is -2.40. The molecule has 0 aromatic heterocycles. The van der Waals surface area contributed by atoms with Crippen LogP contribution in [0.1, 0.15) is 16.7 Å². The van der Waals surface area contributed by atoms with Crippen LogP contribution in [0.2, 0.25) is 0 Å². The molecule has 2 aromatic rings. The Bertz CT molecular complexity index is 1100. The van der Waals surface area contributed by atoms with Gasteiger partial charge in [-0.05, 0) is 49.2 Å². The first kappa shape index (κ1) is 19.5. The summed E-state index contributed by atoms with van der Waals surface area (Å²) in [5, 5.41) is 0. The van der Waals surface area contributed by atoms with Crippen molar-refractivity contribution in [2.24, 2.45) is 4.99 Å². The highest BCUT2D eigenvalue weighted by Crippen LogP contribution is 2.34. The van der Waals surface area contributed by atoms with Gasteiger partial charge in [0, 0.05) is 25.8 Å². The number of aliphatic imine (C=N–C) groups is 1. The number of fused-ring (bicyclic) bond motifs is 3. The number of guanidine groups is 1. The van der Waals surface area contributed by atoms with Crippen LogP contribution in [0.3, 0.4) is 0 Å². The highest BCUT2D eigenvalue weighted by Gasteiger charge is 2.54. The number of hydrogen-bond acceptors (Lipinski definition) is 5. The highest BCUT2D eigenvalue weighted by molar-refractivity contribution is 6.07. The number of amides is 3. The van der Waals surface area contributed by atoms with Crippen molar-refractivity contribution in [1.29, 1.82) is 0 Å². The van der Waals surface area contributed by atoms with Crippen LogP contribution in [-0.2, 0) is 11.3 Å². The molecule has 3 amide bonds. The zero-order valence-corrected chi connectivity index (χ0v) is 17.7. The zero-order valence-electron chi connectivity index (χ0n) is 17.7. The SMILES string of the molecule is Cc1ccc(C)c(CN2C(=O)C3C(N=C4N(c5ccc(F)cc5)CCN43)N(C)C2=O)c1. The maximum absolute atomic E-state index is 13.5. The first-order chi connectivity index (χ1) is 14.8. The van der Waals surface area contributed by atoms with Crippen LogP contribution < -0.4 is 4.90 Å². The molecule has 0 saturated carbocycles. The van der Waals surface area contributed by atoms with Crippen molar-refractivity contribution in [2.75, 3.05) is 25.0 Å². The van der Waals surface area contributed by atoms with Gasteiger partial charge in [-0.2, -0.15) is 0 Å². The molecule has 2 aromatic carbocycles. The lowest BCUT2D eigenvalue weighted by molar-refractivity contribution is -0.137. The molecule has 5 rings (SSSR count). The molecule has 8 heteroatoms. The lowest BCUT2D eigenvalue weighted by Crippen LogP contribution is -2.64. The minimum Gasteiger partial charge on any atom is -0.325 e. The highest BCUT2D eigenvalue weighted by atomic mass is 19.1. The predicted molar refractivity (Wildman–Crippen MR) is 115 cm³/mol. The van der Waals surface area contributed by atoms with Gasteiger partial charge in [0.1, 0.15) is 5.82 Å². The van der Waals surface area contributed by atoms with Crippen molar-refractivity contribution >= 4 is 23.6 Å². The Morgan fingerprint density at radius 2 is 1.81 bits per heavy atom. The number of nitrogens with zero attached hydrogens (tertiary/aromatic N) is 5. The van der Waals surface area contributed by atoms with E-state index in [1.807, 2.05) is 41.8 Å². The van der Waals surface area contributed by atoms with Gasteiger partial charge in [0.15, 0.2) is 12.2 Å². The summed E-state index contributed by atoms with van der Waals surface area (Å²) in [7, 11) is 1.69. The monoisotopic (exact) mass is 421 g/mol. The first-order valence-electron chi connectivity index (χ1n) is 10.4. The van der Waals surface area contributed by atoms with E-state index in [0.29, 0.717) is 19.0 Å². The summed E-state index contributed by atoms with van der Waals surface area (Å²) in [5.74, 6) is 0.126. The molecule has 0 spiro atoms. The van der Waals surface area contributed by atoms with Crippen LogP contribution in [0.15, 0.2) is 47.5 Å². The molecule has 7 nitrogen and oxygen atoms in total. The van der Waals surface area contributed by atoms with Crippen LogP contribution in [0.5, 0.6) is 0 Å². The third-order valence-corrected chi connectivity index (χ3v) is 6.35. The third-order valence-electron chi connectivity index (χ3n) is 6.35. The number of benzene rings is 2. The summed E-state index contributed by atoms with van der Waals surface area (Å²) in [6, 6.07) is 11.4. The summed E-state index contributed by atoms with van der Waals surface area (Å²) in [6.07, 6.45) is -0.562. The Balaban J connectivity index is 1.44. The second kappa shape index (κ2) is 7.08. The van der Waals surface area contributed by atoms with Gasteiger partial charge in [-0.15, -0.1) is 0 Å². The lowest BCUT2D eigenvalue weighted by atomic mass is 10.0. The molecule has 2 unspecified atom stereocenters. The Hall–Kier alpha value is -3.42. The van der Waals surface area contributed by atoms with Crippen molar-refractivity contribution in [3.8, 4) is 0 Å². The minimum absolute atomic E-state index is 0.228. The maximum Gasteiger partial charge on any atom is 0.328 e. The van der Waals surface area contributed by atoms with Gasteiger partial charge >= 0.3 is 6.03 Å². The molecule has 0 radical (unpaired) electrons. The quantitative estimate of drug-likeness (QED) is 0.765. The summed E-state index contributed by atoms with van der Waals surface area (Å²) in [4.78, 5) is 38.1. The van der Waals surface area contributed by atoms with E-state index in [9.17, 15) is 14.0 Å². The maximum atomic E-state index is 13.5. The molecule has 2 atom stereocenters. The second-order valence-corrected chi connectivity index (χ2v) is 8.36. The van der Waals surface area contributed by atoms with E-state index in [4.69, 9.17) is 4.99 Å². The van der Waals surface area contributed by atoms with Crippen molar-refractivity contribution in [3.63, 3.8) is 0 Å². The first-order valence-corrected chi connectivity index (χ1v) is 10.4. The molecule has 3 aliphatic heterocycles. The largest absolute Gasteiger partial charge is 0.328 e. The van der Waals surface area contributed by atoms with Crippen LogP contribution in [0.25, 0.3) is 0 Å². The number of likely N-dealkylation sites (N-methyl/N-ethyl adjacent to an activating group) is 1. The van der Waals surface area contributed by atoms with Gasteiger partial charge in [-0.3, -0.25) is 9.69 Å². The van der Waals surface area contributed by atoms with Gasteiger partial charge in [-0.1, -0.05) is 23.8 Å². The number of carbonyl (C=O) groups is 2. The van der Waals surface area contributed by atoms with Crippen LogP contribution in [0.4, 0.5) is 14.9 Å². The number of urea groups is 1. The molecule has 0 bridgehead atoms. The topological polar surface area (TPSA) is 59.5 Å². The summed E-state index contributed by atoms with van der Waals surface area (Å²) in [5.41, 5.74) is 3.91. The normalized spacial score (nSPS) is 22.8. The molecule has 0 aliphatic carbocycles. The number of rotatable bonds is 3. The number of carbonyl (C=O) groups excluding carboxylic acids is 2. The van der Waals surface area contributed by atoms with Crippen molar-refractivity contribution in [3.05, 3.63) is 65.0 Å². The van der Waals surface area contributed by atoms with Gasteiger partial charge in [-0.25, -0.2) is 14.2 Å². The second-order valence-electron chi connectivity index (χ2n) is 8.36. The molecule has 160 valence electrons. The van der Waals surface area contributed by atoms with Crippen LogP contribution in [-0.4, -0.2) is 64.9 Å². The van der Waals surface area contributed by atoms with Gasteiger partial charge in [0.05, 0.1) is 6.54 Å². The fourth-order valence-corrected chi connectivity index (χ4v) is 4.59. The van der Waals surface area contributed by atoms with Crippen molar-refractivity contribution in [1.82, 2.24) is 14.7 Å². The average molecular weight is 421 g/mol. The number of anilines is 1. The molecular formula is C23H24FN5O2. The average Bonchev–Trinajstić information content (AvgIpc) is 3.32. The standard InChI is InChI=1S/C23H24FN5O2/c1-14-4-5-15(2)16(12-14)13-29-21(30)19-20(26(3)23(29)31)25-22-27(10-11-28(19)22)18-8-6-17(24)7-9-18/h4-9,12,19-20H,10-11,13H2,1-3H3. The summed E-state index contributed by atoms with van der Waals surface area (Å²) in [6.45, 7) is 5.48. The molecule has 2 saturated heterocycles. The number of aryl methyl sites for hydroxylation is 2. The Kier molecular flexibility index (Phi) is 4.46. The van der Waals surface area contributed by atoms with E-state index < -0.39 is 12.2 Å². The van der Waals surface area contributed by atoms with E-state index in [1.165, 1.54) is 17.0 Å². The summed E-state index contributed by atoms with van der Waals surface area (Å²) >= 11 is 0. The van der Waals surface area contributed by atoms with Gasteiger partial charge < -0.3 is 14.7 Å². The number of hydrogen-bond donors (Lipinski definition) is 0. The Labute approximate surface area is 180 Å². The Morgan fingerprint density at radius 3 is 2.55 bits per heavy atom. The fraction of sp³-hybridized carbons (Fsp3) is 0.348. The van der Waals surface area contributed by atoms with Gasteiger partial charge in [0.2, 0.25) is 5.96 Å².